The predicted molar refractivity (Wildman–Crippen MR) is 66.4 cm³/mol. The largest absolute Gasteiger partial charge is 0.398 e. The van der Waals surface area contributed by atoms with Gasteiger partial charge in [0.2, 0.25) is 10.0 Å². The van der Waals surface area contributed by atoms with Gasteiger partial charge >= 0.3 is 0 Å². The minimum absolute atomic E-state index is 0.461. The first kappa shape index (κ1) is 13.5. The molecule has 0 fully saturated rings. The fourth-order valence-electron chi connectivity index (χ4n) is 1.39. The molecular weight excluding hydrogens is 238 g/mol. The molecule has 92 valence electrons. The number of nitriles is 1. The van der Waals surface area contributed by atoms with Gasteiger partial charge in [-0.1, -0.05) is 18.2 Å². The first-order chi connectivity index (χ1) is 7.88. The zero-order valence-corrected chi connectivity index (χ0v) is 10.5. The smallest absolute Gasteiger partial charge is 0.228 e. The second kappa shape index (κ2) is 5.17. The number of nitrogens with two attached hydrogens (primary N) is 1. The minimum Gasteiger partial charge on any atom is -0.398 e. The summed E-state index contributed by atoms with van der Waals surface area (Å²) in [7, 11) is -3.64. The number of benzene rings is 1. The Morgan fingerprint density at radius 3 is 2.47 bits per heavy atom. The molecule has 1 rings (SSSR count). The van der Waals surface area contributed by atoms with Gasteiger partial charge in [0.25, 0.3) is 0 Å². The molecule has 0 aliphatic rings. The van der Waals surface area contributed by atoms with Crippen LogP contribution in [0.5, 0.6) is 0 Å². The number of nitrogens with zero attached hydrogens (tertiary/aromatic N) is 1. The van der Waals surface area contributed by atoms with Crippen molar-refractivity contribution in [3.63, 3.8) is 0 Å². The van der Waals surface area contributed by atoms with Gasteiger partial charge in [0.1, 0.15) is 0 Å². The van der Waals surface area contributed by atoms with Gasteiger partial charge in [-0.25, -0.2) is 13.1 Å². The van der Waals surface area contributed by atoms with Gasteiger partial charge in [-0.15, -0.1) is 0 Å². The number of nitrogen functional groups attached to an aromatic ring is 1. The topological polar surface area (TPSA) is 96.0 Å². The van der Waals surface area contributed by atoms with Crippen LogP contribution in [0, 0.1) is 11.3 Å². The van der Waals surface area contributed by atoms with Gasteiger partial charge in [0, 0.05) is 11.7 Å². The third-order valence-corrected chi connectivity index (χ3v) is 4.17. The molecule has 2 atom stereocenters. The molecular formula is C11H15N3O2S. The predicted octanol–water partition coefficient (Wildman–Crippen LogP) is 1.16. The Kier molecular flexibility index (Phi) is 4.10. The highest BCUT2D eigenvalue weighted by Crippen LogP contribution is 2.20. The summed E-state index contributed by atoms with van der Waals surface area (Å²) in [5.74, 6) is 0. The lowest BCUT2D eigenvalue weighted by Gasteiger charge is -2.17. The van der Waals surface area contributed by atoms with Gasteiger partial charge < -0.3 is 5.73 Å². The summed E-state index contributed by atoms with van der Waals surface area (Å²) in [6.07, 6.45) is 0. The van der Waals surface area contributed by atoms with Gasteiger partial charge in [-0.05, 0) is 25.5 Å². The Balaban J connectivity index is 2.92. The fraction of sp³-hybridized carbons (Fsp3) is 0.364. The molecule has 0 amide bonds. The molecule has 3 N–H and O–H groups in total. The summed E-state index contributed by atoms with van der Waals surface area (Å²) in [6, 6.07) is 8.24. The Bertz CT molecular complexity index is 534. The zero-order valence-electron chi connectivity index (χ0n) is 9.71. The lowest BCUT2D eigenvalue weighted by atomic mass is 10.1. The maximum Gasteiger partial charge on any atom is 0.228 e. The number of hydrogen-bond donors (Lipinski definition) is 2. The van der Waals surface area contributed by atoms with Crippen LogP contribution >= 0.6 is 0 Å². The maximum absolute atomic E-state index is 11.7. The van der Waals surface area contributed by atoms with Crippen LogP contribution in [0.4, 0.5) is 5.69 Å². The van der Waals surface area contributed by atoms with E-state index in [1.807, 2.05) is 0 Å². The van der Waals surface area contributed by atoms with E-state index in [4.69, 9.17) is 11.0 Å². The van der Waals surface area contributed by atoms with E-state index in [0.717, 1.165) is 0 Å². The first-order valence-electron chi connectivity index (χ1n) is 5.13. The molecule has 0 radical (unpaired) electrons. The number of nitrogens with one attached hydrogen (secondary N) is 1. The number of sulfonamides is 1. The van der Waals surface area contributed by atoms with E-state index >= 15 is 0 Å². The third kappa shape index (κ3) is 3.19. The van der Waals surface area contributed by atoms with Crippen LogP contribution in [0.3, 0.4) is 0 Å². The molecule has 6 heteroatoms. The van der Waals surface area contributed by atoms with E-state index in [-0.39, 0.29) is 0 Å². The molecule has 0 saturated heterocycles. The molecule has 0 aromatic heterocycles. The van der Waals surface area contributed by atoms with Crippen LogP contribution in [0.1, 0.15) is 25.5 Å². The van der Waals surface area contributed by atoms with Gasteiger partial charge in [0.05, 0.1) is 6.07 Å². The quantitative estimate of drug-likeness (QED) is 0.787. The Morgan fingerprint density at radius 1 is 1.35 bits per heavy atom. The van der Waals surface area contributed by atoms with E-state index < -0.39 is 21.3 Å². The van der Waals surface area contributed by atoms with E-state index in [1.54, 1.807) is 37.3 Å². The molecule has 2 unspecified atom stereocenters. The maximum atomic E-state index is 11.7. The molecule has 0 aliphatic carbocycles. The molecule has 1 aromatic carbocycles. The van der Waals surface area contributed by atoms with Crippen LogP contribution < -0.4 is 10.5 Å². The van der Waals surface area contributed by atoms with E-state index in [0.29, 0.717) is 11.3 Å². The van der Waals surface area contributed by atoms with Crippen LogP contribution in [0.15, 0.2) is 24.3 Å². The van der Waals surface area contributed by atoms with Crippen molar-refractivity contribution in [2.75, 3.05) is 5.73 Å². The zero-order chi connectivity index (χ0) is 13.1. The average molecular weight is 253 g/mol. The lowest BCUT2D eigenvalue weighted by molar-refractivity contribution is 0.563. The van der Waals surface area contributed by atoms with Crippen LogP contribution in [-0.4, -0.2) is 13.7 Å². The number of anilines is 1. The van der Waals surface area contributed by atoms with Gasteiger partial charge in [-0.3, -0.25) is 0 Å². The molecule has 0 aliphatic heterocycles. The second-order valence-corrected chi connectivity index (χ2v) is 5.82. The van der Waals surface area contributed by atoms with Crippen molar-refractivity contribution in [2.24, 2.45) is 0 Å². The normalized spacial score (nSPS) is 14.9. The molecule has 0 spiro atoms. The number of rotatable bonds is 4. The molecule has 17 heavy (non-hydrogen) atoms. The second-order valence-electron chi connectivity index (χ2n) is 3.78. The van der Waals surface area contributed by atoms with Crippen LogP contribution in [-0.2, 0) is 10.0 Å². The van der Waals surface area contributed by atoms with Crippen molar-refractivity contribution in [1.82, 2.24) is 4.72 Å². The van der Waals surface area contributed by atoms with Crippen LogP contribution in [0.25, 0.3) is 0 Å². The SMILES string of the molecule is CC(NS(=O)(=O)C(C)C#N)c1ccccc1N. The van der Waals surface area contributed by atoms with Crippen molar-refractivity contribution in [1.29, 1.82) is 5.26 Å². The highest BCUT2D eigenvalue weighted by atomic mass is 32.2. The van der Waals surface area contributed by atoms with E-state index in [1.165, 1.54) is 6.92 Å². The molecule has 0 saturated carbocycles. The van der Waals surface area contributed by atoms with E-state index in [9.17, 15) is 8.42 Å². The molecule has 5 nitrogen and oxygen atoms in total. The fourth-order valence-corrected chi connectivity index (χ4v) is 2.35. The van der Waals surface area contributed by atoms with Crippen molar-refractivity contribution in [3.05, 3.63) is 29.8 Å². The highest BCUT2D eigenvalue weighted by molar-refractivity contribution is 7.90. The monoisotopic (exact) mass is 253 g/mol. The van der Waals surface area contributed by atoms with Crippen molar-refractivity contribution in [3.8, 4) is 6.07 Å². The van der Waals surface area contributed by atoms with Crippen molar-refractivity contribution >= 4 is 15.7 Å². The Morgan fingerprint density at radius 2 is 1.94 bits per heavy atom. The highest BCUT2D eigenvalue weighted by Gasteiger charge is 2.23. The molecule has 0 heterocycles. The summed E-state index contributed by atoms with van der Waals surface area (Å²) in [6.45, 7) is 3.02. The van der Waals surface area contributed by atoms with Crippen LogP contribution in [0.2, 0.25) is 0 Å². The standard InChI is InChI=1S/C11H15N3O2S/c1-8(7-12)17(15,16)14-9(2)10-5-3-4-6-11(10)13/h3-6,8-9,14H,13H2,1-2H3. The lowest BCUT2D eigenvalue weighted by Crippen LogP contribution is -2.33. The first-order valence-corrected chi connectivity index (χ1v) is 6.68. The summed E-state index contributed by atoms with van der Waals surface area (Å²) in [4.78, 5) is 0. The number of para-hydroxylation sites is 1. The van der Waals surface area contributed by atoms with Gasteiger partial charge in [0.15, 0.2) is 5.25 Å². The third-order valence-electron chi connectivity index (χ3n) is 2.45. The Hall–Kier alpha value is -1.58. The average Bonchev–Trinajstić information content (AvgIpc) is 2.27. The summed E-state index contributed by atoms with van der Waals surface area (Å²) in [5, 5.41) is 7.53. The molecule has 1 aromatic rings. The molecule has 0 bridgehead atoms. The van der Waals surface area contributed by atoms with Gasteiger partial charge in [-0.2, -0.15) is 5.26 Å². The summed E-state index contributed by atoms with van der Waals surface area (Å²) < 4.78 is 25.8. The number of hydrogen-bond acceptors (Lipinski definition) is 4. The van der Waals surface area contributed by atoms with Crippen molar-refractivity contribution < 1.29 is 8.42 Å². The van der Waals surface area contributed by atoms with Crippen molar-refractivity contribution in [2.45, 2.75) is 25.1 Å². The summed E-state index contributed by atoms with van der Waals surface area (Å²) >= 11 is 0. The van der Waals surface area contributed by atoms with E-state index in [2.05, 4.69) is 4.72 Å². The minimum atomic E-state index is -3.64. The summed E-state index contributed by atoms with van der Waals surface area (Å²) in [5.41, 5.74) is 6.97. The Labute approximate surface area is 101 Å².